The van der Waals surface area contributed by atoms with Crippen molar-refractivity contribution in [3.8, 4) is 0 Å². The zero-order valence-electron chi connectivity index (χ0n) is 11.5. The van der Waals surface area contributed by atoms with E-state index in [1.54, 1.807) is 48.5 Å². The summed E-state index contributed by atoms with van der Waals surface area (Å²) in [7, 11) is 0. The smallest absolute Gasteiger partial charge is 0.285 e. The number of halogens is 1. The topological polar surface area (TPSA) is 72.6 Å². The van der Waals surface area contributed by atoms with Crippen LogP contribution in [0.4, 0.5) is 0 Å². The Kier molecular flexibility index (Phi) is 3.94. The second kappa shape index (κ2) is 5.88. The van der Waals surface area contributed by atoms with Gasteiger partial charge in [0.1, 0.15) is 6.10 Å². The van der Waals surface area contributed by atoms with E-state index >= 15 is 0 Å². The highest BCUT2D eigenvalue weighted by Gasteiger charge is 2.38. The summed E-state index contributed by atoms with van der Waals surface area (Å²) >= 11 is 5.85. The molecule has 0 aromatic heterocycles. The van der Waals surface area contributed by atoms with E-state index in [1.165, 1.54) is 0 Å². The Bertz CT molecular complexity index is 695. The number of nitrogens with two attached hydrogens (primary N) is 1. The largest absolute Gasteiger partial charge is 0.328 e. The zero-order valence-corrected chi connectivity index (χ0v) is 12.3. The number of hydrogen-bond acceptors (Lipinski definition) is 4. The minimum absolute atomic E-state index is 0.120. The predicted molar refractivity (Wildman–Crippen MR) is 81.3 cm³/mol. The van der Waals surface area contributed by atoms with Crippen LogP contribution in [-0.4, -0.2) is 23.4 Å². The van der Waals surface area contributed by atoms with Crippen LogP contribution in [0.1, 0.15) is 32.4 Å². The summed E-state index contributed by atoms with van der Waals surface area (Å²) < 4.78 is 0. The van der Waals surface area contributed by atoms with Gasteiger partial charge in [0, 0.05) is 11.6 Å². The fourth-order valence-electron chi connectivity index (χ4n) is 2.31. The van der Waals surface area contributed by atoms with Crippen molar-refractivity contribution in [2.45, 2.75) is 6.10 Å². The van der Waals surface area contributed by atoms with Crippen LogP contribution in [0.3, 0.4) is 0 Å². The molecule has 22 heavy (non-hydrogen) atoms. The lowest BCUT2D eigenvalue weighted by Gasteiger charge is -2.21. The van der Waals surface area contributed by atoms with E-state index in [0.29, 0.717) is 16.1 Å². The average molecular weight is 317 g/mol. The lowest BCUT2D eigenvalue weighted by molar-refractivity contribution is -0.131. The van der Waals surface area contributed by atoms with E-state index in [0.717, 1.165) is 10.6 Å². The first kappa shape index (κ1) is 14.7. The molecular formula is C16H13ClN2O3. The van der Waals surface area contributed by atoms with Crippen LogP contribution in [0, 0.1) is 0 Å². The number of carbonyl (C=O) groups is 2. The van der Waals surface area contributed by atoms with Crippen LogP contribution in [0.5, 0.6) is 0 Å². The molecule has 0 fully saturated rings. The number of imide groups is 1. The van der Waals surface area contributed by atoms with Gasteiger partial charge in [-0.2, -0.15) is 0 Å². The normalized spacial score (nSPS) is 15.1. The second-order valence-corrected chi connectivity index (χ2v) is 5.27. The first-order valence-corrected chi connectivity index (χ1v) is 7.09. The van der Waals surface area contributed by atoms with Gasteiger partial charge in [0.15, 0.2) is 0 Å². The summed E-state index contributed by atoms with van der Waals surface area (Å²) in [6.45, 7) is 0.120. The number of carbonyl (C=O) groups excluding carboxylic acids is 2. The van der Waals surface area contributed by atoms with Gasteiger partial charge >= 0.3 is 0 Å². The molecule has 2 N–H and O–H groups in total. The summed E-state index contributed by atoms with van der Waals surface area (Å²) in [5.41, 5.74) is 7.11. The van der Waals surface area contributed by atoms with Gasteiger partial charge in [-0.3, -0.25) is 14.4 Å². The number of hydroxylamine groups is 2. The van der Waals surface area contributed by atoms with Crippen LogP contribution in [0.15, 0.2) is 48.5 Å². The SMILES string of the molecule is NCC(ON1C(=O)c2ccccc2C1=O)c1ccc(Cl)cc1. The molecule has 5 nitrogen and oxygen atoms in total. The van der Waals surface area contributed by atoms with Gasteiger partial charge in [-0.15, -0.1) is 5.06 Å². The fraction of sp³-hybridized carbons (Fsp3) is 0.125. The Labute approximate surface area is 132 Å². The summed E-state index contributed by atoms with van der Waals surface area (Å²) in [4.78, 5) is 30.1. The maximum absolute atomic E-state index is 12.3. The van der Waals surface area contributed by atoms with Gasteiger partial charge in [-0.1, -0.05) is 35.9 Å². The number of rotatable bonds is 4. The van der Waals surface area contributed by atoms with Gasteiger partial charge in [-0.25, -0.2) is 0 Å². The maximum atomic E-state index is 12.3. The van der Waals surface area contributed by atoms with Gasteiger partial charge in [-0.05, 0) is 29.8 Å². The van der Waals surface area contributed by atoms with Gasteiger partial charge in [0.25, 0.3) is 11.8 Å². The molecule has 2 amide bonds. The molecule has 0 radical (unpaired) electrons. The van der Waals surface area contributed by atoms with E-state index in [1.807, 2.05) is 0 Å². The minimum Gasteiger partial charge on any atom is -0.328 e. The van der Waals surface area contributed by atoms with Gasteiger partial charge < -0.3 is 5.73 Å². The molecule has 1 aliphatic heterocycles. The van der Waals surface area contributed by atoms with Gasteiger partial charge in [0.2, 0.25) is 0 Å². The van der Waals surface area contributed by atoms with Crippen molar-refractivity contribution in [1.82, 2.24) is 5.06 Å². The van der Waals surface area contributed by atoms with Crippen molar-refractivity contribution >= 4 is 23.4 Å². The average Bonchev–Trinajstić information content (AvgIpc) is 2.78. The third-order valence-corrected chi connectivity index (χ3v) is 3.70. The number of nitrogens with zero attached hydrogens (tertiary/aromatic N) is 1. The standard InChI is InChI=1S/C16H13ClN2O3/c17-11-7-5-10(6-8-11)14(9-18)22-19-15(20)12-3-1-2-4-13(12)16(19)21/h1-8,14H,9,18H2. The molecule has 1 heterocycles. The van der Waals surface area contributed by atoms with Crippen molar-refractivity contribution in [3.63, 3.8) is 0 Å². The van der Waals surface area contributed by atoms with E-state index in [-0.39, 0.29) is 6.54 Å². The van der Waals surface area contributed by atoms with Crippen LogP contribution >= 0.6 is 11.6 Å². The van der Waals surface area contributed by atoms with Crippen molar-refractivity contribution in [2.24, 2.45) is 5.73 Å². The maximum Gasteiger partial charge on any atom is 0.285 e. The van der Waals surface area contributed by atoms with Crippen LogP contribution in [-0.2, 0) is 4.84 Å². The molecule has 0 spiro atoms. The molecule has 1 unspecified atom stereocenters. The molecule has 2 aromatic rings. The molecule has 0 saturated carbocycles. The Morgan fingerprint density at radius 1 is 1.00 bits per heavy atom. The van der Waals surface area contributed by atoms with Crippen LogP contribution in [0.25, 0.3) is 0 Å². The number of benzene rings is 2. The molecule has 6 heteroatoms. The molecule has 2 aromatic carbocycles. The molecule has 3 rings (SSSR count). The Morgan fingerprint density at radius 3 is 2.05 bits per heavy atom. The van der Waals surface area contributed by atoms with Crippen molar-refractivity contribution in [1.29, 1.82) is 0 Å². The summed E-state index contributed by atoms with van der Waals surface area (Å²) in [5.74, 6) is -0.957. The quantitative estimate of drug-likeness (QED) is 0.880. The molecule has 0 bridgehead atoms. The Balaban J connectivity index is 1.85. The lowest BCUT2D eigenvalue weighted by Crippen LogP contribution is -2.33. The number of amides is 2. The molecule has 1 aliphatic rings. The third kappa shape index (κ3) is 2.50. The van der Waals surface area contributed by atoms with E-state index in [9.17, 15) is 9.59 Å². The highest BCUT2D eigenvalue weighted by molar-refractivity contribution is 6.30. The van der Waals surface area contributed by atoms with Crippen molar-refractivity contribution < 1.29 is 14.4 Å². The van der Waals surface area contributed by atoms with E-state index in [4.69, 9.17) is 22.2 Å². The molecule has 0 saturated heterocycles. The van der Waals surface area contributed by atoms with Crippen LogP contribution in [0.2, 0.25) is 5.02 Å². The third-order valence-electron chi connectivity index (χ3n) is 3.45. The molecule has 0 aliphatic carbocycles. The van der Waals surface area contributed by atoms with Crippen LogP contribution < -0.4 is 5.73 Å². The second-order valence-electron chi connectivity index (χ2n) is 4.83. The Hall–Kier alpha value is -2.21. The monoisotopic (exact) mass is 316 g/mol. The van der Waals surface area contributed by atoms with Gasteiger partial charge in [0.05, 0.1) is 11.1 Å². The molecule has 112 valence electrons. The van der Waals surface area contributed by atoms with E-state index in [2.05, 4.69) is 0 Å². The van der Waals surface area contributed by atoms with E-state index < -0.39 is 17.9 Å². The summed E-state index contributed by atoms with van der Waals surface area (Å²) in [6.07, 6.45) is -0.612. The number of fused-ring (bicyclic) bond motifs is 1. The highest BCUT2D eigenvalue weighted by atomic mass is 35.5. The van der Waals surface area contributed by atoms with Crippen molar-refractivity contribution in [2.75, 3.05) is 6.54 Å². The zero-order chi connectivity index (χ0) is 15.7. The number of hydrogen-bond donors (Lipinski definition) is 1. The molecular weight excluding hydrogens is 304 g/mol. The van der Waals surface area contributed by atoms with Crippen molar-refractivity contribution in [3.05, 3.63) is 70.2 Å². The fourth-order valence-corrected chi connectivity index (χ4v) is 2.43. The molecule has 1 atom stereocenters. The Morgan fingerprint density at radius 2 is 1.55 bits per heavy atom. The lowest BCUT2D eigenvalue weighted by atomic mass is 10.1. The first-order valence-electron chi connectivity index (χ1n) is 6.72. The summed E-state index contributed by atoms with van der Waals surface area (Å²) in [5, 5.41) is 1.36. The predicted octanol–water partition coefficient (Wildman–Crippen LogP) is 2.57. The first-order chi connectivity index (χ1) is 10.6. The minimum atomic E-state index is -0.612. The highest BCUT2D eigenvalue weighted by Crippen LogP contribution is 2.27. The summed E-state index contributed by atoms with van der Waals surface area (Å²) in [6, 6.07) is 13.5.